The average molecular weight is 450 g/mol. The van der Waals surface area contributed by atoms with Gasteiger partial charge in [-0.3, -0.25) is 0 Å². The van der Waals surface area contributed by atoms with E-state index in [9.17, 15) is 26.0 Å². The van der Waals surface area contributed by atoms with E-state index in [-0.39, 0.29) is 18.4 Å². The summed E-state index contributed by atoms with van der Waals surface area (Å²) in [5.41, 5.74) is -1.34. The minimum Gasteiger partial charge on any atom is -0.392 e. The Morgan fingerprint density at radius 1 is 1.23 bits per heavy atom. The molecule has 0 saturated carbocycles. The van der Waals surface area contributed by atoms with Crippen LogP contribution in [-0.2, 0) is 22.6 Å². The molecule has 0 aliphatic rings. The number of sulfone groups is 1. The van der Waals surface area contributed by atoms with Gasteiger partial charge in [0.25, 0.3) is 0 Å². The van der Waals surface area contributed by atoms with Crippen LogP contribution in [0.25, 0.3) is 0 Å². The molecule has 2 aromatic rings. The minimum atomic E-state index is -4.75. The normalized spacial score (nSPS) is 13.4. The van der Waals surface area contributed by atoms with Crippen molar-refractivity contribution < 1.29 is 31.1 Å². The summed E-state index contributed by atoms with van der Waals surface area (Å²) in [5.74, 6) is -1.22. The molecular weight excluding hydrogens is 428 g/mol. The highest BCUT2D eigenvalue weighted by Crippen LogP contribution is 2.31. The number of aliphatic hydroxyl groups excluding tert-OH is 1. The molecule has 0 aliphatic carbocycles. The van der Waals surface area contributed by atoms with Gasteiger partial charge in [-0.2, -0.15) is 13.2 Å². The van der Waals surface area contributed by atoms with E-state index in [0.717, 1.165) is 24.6 Å². The Balaban J connectivity index is 2.21. The van der Waals surface area contributed by atoms with Gasteiger partial charge >= 0.3 is 6.18 Å². The number of hydrogen-bond acceptors (Lipinski definition) is 7. The van der Waals surface area contributed by atoms with Crippen LogP contribution in [0.3, 0.4) is 0 Å². The number of halogens is 4. The van der Waals surface area contributed by atoms with Crippen molar-refractivity contribution >= 4 is 21.5 Å². The van der Waals surface area contributed by atoms with E-state index in [1.807, 2.05) is 13.8 Å². The third-order valence-corrected chi connectivity index (χ3v) is 5.39. The minimum absolute atomic E-state index is 0.0808. The van der Waals surface area contributed by atoms with E-state index >= 15 is 0 Å². The summed E-state index contributed by atoms with van der Waals surface area (Å²) in [4.78, 5) is 6.85. The molecule has 2 rings (SSSR count). The van der Waals surface area contributed by atoms with Crippen molar-refractivity contribution in [1.29, 1.82) is 0 Å². The molecule has 7 nitrogen and oxygen atoms in total. The van der Waals surface area contributed by atoms with E-state index in [1.54, 1.807) is 0 Å². The lowest BCUT2D eigenvalue weighted by atomic mass is 10.0. The first-order valence-electron chi connectivity index (χ1n) is 8.87. The molecule has 1 heterocycles. The number of hydrogen-bond donors (Lipinski definition) is 3. The summed E-state index contributed by atoms with van der Waals surface area (Å²) in [7, 11) is -3.76. The largest absolute Gasteiger partial charge is 0.433 e. The van der Waals surface area contributed by atoms with Gasteiger partial charge in [0.15, 0.2) is 15.5 Å². The average Bonchev–Trinajstić information content (AvgIpc) is 2.64. The van der Waals surface area contributed by atoms with Gasteiger partial charge in [0, 0.05) is 36.3 Å². The maximum absolute atomic E-state index is 13.7. The predicted octanol–water partition coefficient (Wildman–Crippen LogP) is 3.08. The van der Waals surface area contributed by atoms with Crippen LogP contribution in [-0.4, -0.2) is 42.3 Å². The van der Waals surface area contributed by atoms with Crippen molar-refractivity contribution in [2.45, 2.75) is 37.6 Å². The Morgan fingerprint density at radius 3 is 2.43 bits per heavy atom. The number of anilines is 2. The van der Waals surface area contributed by atoms with Crippen molar-refractivity contribution in [3.05, 3.63) is 41.5 Å². The number of rotatable bonds is 8. The summed E-state index contributed by atoms with van der Waals surface area (Å²) >= 11 is 0. The quantitative estimate of drug-likeness (QED) is 0.531. The van der Waals surface area contributed by atoms with Crippen LogP contribution in [0.4, 0.5) is 29.2 Å². The predicted molar refractivity (Wildman–Crippen MR) is 103 cm³/mol. The molecule has 12 heteroatoms. The number of benzene rings is 1. The van der Waals surface area contributed by atoms with Gasteiger partial charge < -0.3 is 15.7 Å². The van der Waals surface area contributed by atoms with Crippen molar-refractivity contribution in [3.63, 3.8) is 0 Å². The molecule has 0 unspecified atom stereocenters. The molecule has 166 valence electrons. The Labute approximate surface area is 171 Å². The zero-order chi connectivity index (χ0) is 22.7. The van der Waals surface area contributed by atoms with Crippen molar-refractivity contribution in [2.24, 2.45) is 5.92 Å². The molecule has 1 atom stereocenters. The number of nitrogens with zero attached hydrogens (tertiary/aromatic N) is 2. The van der Waals surface area contributed by atoms with Crippen molar-refractivity contribution in [2.75, 3.05) is 23.4 Å². The van der Waals surface area contributed by atoms with Crippen LogP contribution in [0, 0.1) is 11.7 Å². The summed E-state index contributed by atoms with van der Waals surface area (Å²) in [6.45, 7) is 2.95. The second-order valence-corrected chi connectivity index (χ2v) is 9.00. The summed E-state index contributed by atoms with van der Waals surface area (Å²) in [5, 5.41) is 14.8. The van der Waals surface area contributed by atoms with Gasteiger partial charge in [-0.15, -0.1) is 0 Å². The zero-order valence-corrected chi connectivity index (χ0v) is 17.3. The fraction of sp³-hybridized carbons (Fsp3) is 0.444. The zero-order valence-electron chi connectivity index (χ0n) is 16.5. The first kappa shape index (κ1) is 23.8. The standard InChI is InChI=1S/C18H22F4N4O3S/c1-10(2)14(8-23-12-4-5-13(19)15(6-12)30(3,28)29)25-17-24-7-11(9-27)16(26-17)18(20,21)22/h4-7,10,14,23,27H,8-9H2,1-3H3,(H,24,25,26)/t14-/m0/s1. The van der Waals surface area contributed by atoms with Gasteiger partial charge in [-0.05, 0) is 24.1 Å². The molecule has 0 amide bonds. The second kappa shape index (κ2) is 9.13. The highest BCUT2D eigenvalue weighted by molar-refractivity contribution is 7.90. The van der Waals surface area contributed by atoms with Crippen LogP contribution in [0.2, 0.25) is 0 Å². The maximum Gasteiger partial charge on any atom is 0.433 e. The summed E-state index contributed by atoms with van der Waals surface area (Å²) in [6.07, 6.45) is -2.96. The van der Waals surface area contributed by atoms with Gasteiger partial charge in [0.2, 0.25) is 5.95 Å². The van der Waals surface area contributed by atoms with Crippen LogP contribution in [0.15, 0.2) is 29.3 Å². The van der Waals surface area contributed by atoms with Gasteiger partial charge in [-0.25, -0.2) is 22.8 Å². The smallest absolute Gasteiger partial charge is 0.392 e. The third-order valence-electron chi connectivity index (χ3n) is 4.28. The van der Waals surface area contributed by atoms with E-state index < -0.39 is 50.6 Å². The molecule has 0 saturated heterocycles. The van der Waals surface area contributed by atoms with E-state index in [0.29, 0.717) is 5.69 Å². The Bertz CT molecular complexity index is 997. The van der Waals surface area contributed by atoms with E-state index in [2.05, 4.69) is 20.6 Å². The SMILES string of the molecule is CC(C)[C@H](CNc1ccc(F)c(S(C)(=O)=O)c1)Nc1ncc(CO)c(C(F)(F)F)n1. The van der Waals surface area contributed by atoms with Crippen LogP contribution in [0.5, 0.6) is 0 Å². The lowest BCUT2D eigenvalue weighted by molar-refractivity contribution is -0.142. The molecule has 0 radical (unpaired) electrons. The molecule has 0 bridgehead atoms. The second-order valence-electron chi connectivity index (χ2n) is 7.02. The Hall–Kier alpha value is -2.47. The van der Waals surface area contributed by atoms with E-state index in [1.165, 1.54) is 6.07 Å². The summed E-state index contributed by atoms with van der Waals surface area (Å²) < 4.78 is 76.4. The molecule has 0 aliphatic heterocycles. The van der Waals surface area contributed by atoms with Crippen LogP contribution in [0.1, 0.15) is 25.1 Å². The van der Waals surface area contributed by atoms with Gasteiger partial charge in [0.1, 0.15) is 10.7 Å². The monoisotopic (exact) mass is 450 g/mol. The van der Waals surface area contributed by atoms with E-state index in [4.69, 9.17) is 5.11 Å². The molecule has 0 spiro atoms. The molecule has 0 fully saturated rings. The van der Waals surface area contributed by atoms with Crippen molar-refractivity contribution in [3.8, 4) is 0 Å². The Kier molecular flexibility index (Phi) is 7.24. The Morgan fingerprint density at radius 2 is 1.90 bits per heavy atom. The fourth-order valence-corrected chi connectivity index (χ4v) is 3.35. The number of alkyl halides is 3. The molecule has 1 aromatic heterocycles. The van der Waals surface area contributed by atoms with Gasteiger partial charge in [0.05, 0.1) is 6.61 Å². The first-order chi connectivity index (χ1) is 13.8. The third kappa shape index (κ3) is 6.02. The lowest BCUT2D eigenvalue weighted by Crippen LogP contribution is -2.34. The van der Waals surface area contributed by atoms with Crippen molar-refractivity contribution in [1.82, 2.24) is 9.97 Å². The molecule has 30 heavy (non-hydrogen) atoms. The maximum atomic E-state index is 13.7. The summed E-state index contributed by atoms with van der Waals surface area (Å²) in [6, 6.07) is 3.08. The highest BCUT2D eigenvalue weighted by atomic mass is 32.2. The number of nitrogens with one attached hydrogen (secondary N) is 2. The molecule has 3 N–H and O–H groups in total. The number of aliphatic hydroxyl groups is 1. The molecular formula is C18H22F4N4O3S. The highest BCUT2D eigenvalue weighted by Gasteiger charge is 2.36. The van der Waals surface area contributed by atoms with Crippen LogP contribution < -0.4 is 10.6 Å². The van der Waals surface area contributed by atoms with Gasteiger partial charge in [-0.1, -0.05) is 13.8 Å². The lowest BCUT2D eigenvalue weighted by Gasteiger charge is -2.24. The van der Waals surface area contributed by atoms with Crippen LogP contribution >= 0.6 is 0 Å². The topological polar surface area (TPSA) is 104 Å². The fourth-order valence-electron chi connectivity index (χ4n) is 2.58. The first-order valence-corrected chi connectivity index (χ1v) is 10.8. The molecule has 1 aromatic carbocycles. The number of aromatic nitrogens is 2.